The molecule has 0 aliphatic carbocycles. The number of benzene rings is 6. The van der Waals surface area contributed by atoms with Gasteiger partial charge in [-0.15, -0.1) is 0 Å². The van der Waals surface area contributed by atoms with Crippen molar-refractivity contribution in [3.05, 3.63) is 229 Å². The Hall–Kier alpha value is -8.21. The smallest absolute Gasteiger partial charge is 0.418 e. The van der Waals surface area contributed by atoms with E-state index in [9.17, 15) is 19.2 Å². The van der Waals surface area contributed by atoms with Gasteiger partial charge < -0.3 is 19.1 Å². The van der Waals surface area contributed by atoms with Crippen LogP contribution in [-0.4, -0.2) is 87.7 Å². The number of aryl methyl sites for hydroxylation is 2. The van der Waals surface area contributed by atoms with Gasteiger partial charge >= 0.3 is 6.09 Å². The molecule has 12 rings (SSSR count). The summed E-state index contributed by atoms with van der Waals surface area (Å²) in [6.07, 6.45) is 6.58. The third-order valence-electron chi connectivity index (χ3n) is 16.1. The van der Waals surface area contributed by atoms with Gasteiger partial charge in [0, 0.05) is 70.7 Å². The van der Waals surface area contributed by atoms with Crippen molar-refractivity contribution in [2.75, 3.05) is 14.1 Å². The van der Waals surface area contributed by atoms with Crippen LogP contribution < -0.4 is 0 Å². The van der Waals surface area contributed by atoms with Gasteiger partial charge in [0.15, 0.2) is 5.65 Å². The number of nitrogens with zero attached hydrogens (tertiary/aromatic N) is 9. The van der Waals surface area contributed by atoms with E-state index in [-0.39, 0.29) is 23.3 Å². The van der Waals surface area contributed by atoms with Gasteiger partial charge in [-0.3, -0.25) is 14.4 Å². The van der Waals surface area contributed by atoms with Crippen LogP contribution in [0.1, 0.15) is 119 Å². The first-order valence-corrected chi connectivity index (χ1v) is 29.1. The normalized spacial score (nSPS) is 18.7. The van der Waals surface area contributed by atoms with Crippen molar-refractivity contribution in [2.24, 2.45) is 0 Å². The van der Waals surface area contributed by atoms with Gasteiger partial charge in [-0.05, 0) is 150 Å². The van der Waals surface area contributed by atoms with Crippen LogP contribution in [0, 0.1) is 6.92 Å². The molecule has 4 amide bonds. The molecule has 422 valence electrons. The second kappa shape index (κ2) is 22.9. The molecule has 3 aliphatic heterocycles. The fourth-order valence-corrected chi connectivity index (χ4v) is 12.3. The van der Waals surface area contributed by atoms with Crippen LogP contribution in [-0.2, 0) is 47.2 Å². The number of carbonyl (C=O) groups is 4. The van der Waals surface area contributed by atoms with Crippen molar-refractivity contribution < 1.29 is 23.9 Å². The molecule has 6 heterocycles. The lowest BCUT2D eigenvalue weighted by atomic mass is 9.84. The summed E-state index contributed by atoms with van der Waals surface area (Å²) in [6.45, 7) is 16.2. The fourth-order valence-electron chi connectivity index (χ4n) is 11.6. The van der Waals surface area contributed by atoms with Gasteiger partial charge in [-0.25, -0.2) is 34.6 Å². The summed E-state index contributed by atoms with van der Waals surface area (Å²) < 4.78 is 9.48. The van der Waals surface area contributed by atoms with Crippen LogP contribution in [0.3, 0.4) is 0 Å². The number of amides is 4. The Morgan fingerprint density at radius 2 is 1.01 bits per heavy atom. The lowest BCUT2D eigenvalue weighted by Crippen LogP contribution is -2.49. The quantitative estimate of drug-likeness (QED) is 0.136. The zero-order valence-electron chi connectivity index (χ0n) is 48.2. The SMILES string of the molecule is CC(C)(C)OC(=O)N1C(=O)c2ccc(Br)cc2C1(C)Cc1ccccc1.CCn1c(-c2cnc(C)nc2)nc2c(-c3ccc4c(c3)C(C)(Cc3ccccc3)N(C)C4=O)ncnc21.CN1C(=O)c2ccc(Br)cc2C1(C)Cc1ccccc1. The van der Waals surface area contributed by atoms with Crippen molar-refractivity contribution in [2.45, 2.75) is 103 Å². The van der Waals surface area contributed by atoms with Crippen molar-refractivity contribution in [3.8, 4) is 22.6 Å². The van der Waals surface area contributed by atoms with Crippen LogP contribution in [0.15, 0.2) is 173 Å². The molecule has 0 spiro atoms. The Labute approximate surface area is 501 Å². The highest BCUT2D eigenvalue weighted by Gasteiger charge is 2.51. The van der Waals surface area contributed by atoms with Crippen molar-refractivity contribution >= 4 is 66.8 Å². The Morgan fingerprint density at radius 1 is 0.566 bits per heavy atom. The number of rotatable bonds is 9. The van der Waals surface area contributed by atoms with E-state index in [0.717, 1.165) is 77.0 Å². The highest BCUT2D eigenvalue weighted by atomic mass is 79.9. The van der Waals surface area contributed by atoms with Crippen LogP contribution >= 0.6 is 31.9 Å². The van der Waals surface area contributed by atoms with Gasteiger partial charge in [0.1, 0.15) is 34.8 Å². The fraction of sp³-hybridized carbons (Fsp3) is 0.269. The molecule has 3 aliphatic rings. The first-order chi connectivity index (χ1) is 39.5. The molecule has 83 heavy (non-hydrogen) atoms. The average molecular weight is 1240 g/mol. The molecular weight excluding hydrogens is 1170 g/mol. The summed E-state index contributed by atoms with van der Waals surface area (Å²) >= 11 is 6.99. The summed E-state index contributed by atoms with van der Waals surface area (Å²) in [7, 11) is 3.77. The maximum Gasteiger partial charge on any atom is 0.418 e. The van der Waals surface area contributed by atoms with Crippen LogP contribution in [0.25, 0.3) is 33.8 Å². The number of fused-ring (bicyclic) bond motifs is 4. The minimum absolute atomic E-state index is 0.0322. The van der Waals surface area contributed by atoms with E-state index in [1.807, 2.05) is 141 Å². The van der Waals surface area contributed by atoms with Gasteiger partial charge in [-0.2, -0.15) is 0 Å². The molecule has 3 aromatic heterocycles. The molecule has 0 fully saturated rings. The Kier molecular flexibility index (Phi) is 16.0. The van der Waals surface area contributed by atoms with E-state index in [2.05, 4.69) is 114 Å². The Balaban J connectivity index is 0.000000147. The van der Waals surface area contributed by atoms with Gasteiger partial charge in [0.2, 0.25) is 0 Å². The third-order valence-corrected chi connectivity index (χ3v) is 17.1. The van der Waals surface area contributed by atoms with Crippen molar-refractivity contribution in [1.29, 1.82) is 0 Å². The van der Waals surface area contributed by atoms with Crippen LogP contribution in [0.2, 0.25) is 0 Å². The summed E-state index contributed by atoms with van der Waals surface area (Å²) in [6, 6.07) is 47.8. The highest BCUT2D eigenvalue weighted by molar-refractivity contribution is 9.10. The number of carbonyl (C=O) groups excluding carboxylic acids is 4. The zero-order valence-corrected chi connectivity index (χ0v) is 51.4. The second-order valence-corrected chi connectivity index (χ2v) is 24.7. The minimum atomic E-state index is -0.820. The lowest BCUT2D eigenvalue weighted by Gasteiger charge is -2.35. The van der Waals surface area contributed by atoms with E-state index >= 15 is 0 Å². The largest absolute Gasteiger partial charge is 0.443 e. The molecule has 3 unspecified atom stereocenters. The molecule has 16 heteroatoms. The van der Waals surface area contributed by atoms with Gasteiger partial charge in [0.25, 0.3) is 17.7 Å². The summed E-state index contributed by atoms with van der Waals surface area (Å²) in [5.41, 5.74) is 10.1. The number of likely N-dealkylation sites (N-methyl/N-ethyl adjacent to an activating group) is 2. The Bertz CT molecular complexity index is 3950. The first kappa shape index (κ1) is 58.0. The molecule has 14 nitrogen and oxygen atoms in total. The second-order valence-electron chi connectivity index (χ2n) is 22.9. The van der Waals surface area contributed by atoms with Crippen LogP contribution in [0.4, 0.5) is 4.79 Å². The summed E-state index contributed by atoms with van der Waals surface area (Å²) in [5.74, 6) is 1.28. The zero-order chi connectivity index (χ0) is 59.2. The summed E-state index contributed by atoms with van der Waals surface area (Å²) in [5, 5.41) is 0. The topological polar surface area (TPSA) is 157 Å². The lowest BCUT2D eigenvalue weighted by molar-refractivity contribution is 0.00663. The van der Waals surface area contributed by atoms with E-state index in [4.69, 9.17) is 9.72 Å². The highest BCUT2D eigenvalue weighted by Crippen LogP contribution is 2.46. The predicted molar refractivity (Wildman–Crippen MR) is 330 cm³/mol. The maximum atomic E-state index is 13.2. The Morgan fingerprint density at radius 3 is 1.49 bits per heavy atom. The molecule has 9 aromatic rings. The molecule has 3 atom stereocenters. The van der Waals surface area contributed by atoms with E-state index < -0.39 is 22.8 Å². The minimum Gasteiger partial charge on any atom is -0.443 e. The van der Waals surface area contributed by atoms with E-state index in [1.54, 1.807) is 45.6 Å². The number of aromatic nitrogens is 6. The standard InChI is InChI=1S/C29H27N7O.C21H22BrNO3.C17H16BrNO/c1-5-36-26(21-15-30-18(2)31-16-21)34-25-24(32-17-33-27(25)36)20-11-12-22-23(13-20)29(3,35(4)28(22)37)14-19-9-7-6-8-10-19;1-20(2,3)26-19(25)23-18(24)16-11-10-15(22)12-17(16)21(23,4)13-14-8-6-5-7-9-14;1-17(11-12-6-4-3-5-7-12)15-10-13(18)8-9-14(15)16(20)19(17)2/h6-13,15-17H,5,14H2,1-4H3;5-12H,13H2,1-4H3;3-10H,11H2,1-2H3. The monoisotopic (exact) mass is 1230 g/mol. The molecule has 6 aromatic carbocycles. The number of ether oxygens (including phenoxy) is 1. The molecule has 0 saturated carbocycles. The molecule has 0 N–H and O–H groups in total. The molecule has 0 saturated heterocycles. The maximum absolute atomic E-state index is 13.2. The summed E-state index contributed by atoms with van der Waals surface area (Å²) in [4.78, 5) is 79.4. The van der Waals surface area contributed by atoms with Gasteiger partial charge in [0.05, 0.1) is 22.2 Å². The number of hydrogen-bond acceptors (Lipinski definition) is 10. The first-order valence-electron chi connectivity index (χ1n) is 27.6. The van der Waals surface area contributed by atoms with Crippen molar-refractivity contribution in [1.82, 2.24) is 44.2 Å². The van der Waals surface area contributed by atoms with Crippen molar-refractivity contribution in [3.63, 3.8) is 0 Å². The predicted octanol–water partition coefficient (Wildman–Crippen LogP) is 14.1. The molecule has 0 bridgehead atoms. The molecule has 0 radical (unpaired) electrons. The van der Waals surface area contributed by atoms with E-state index in [1.165, 1.54) is 16.0 Å². The number of imide groups is 1. The molecular formula is C67H65Br2N9O5. The average Bonchev–Trinajstić information content (AvgIpc) is 2.68. The van der Waals surface area contributed by atoms with E-state index in [0.29, 0.717) is 36.3 Å². The number of imidazole rings is 1. The number of halogens is 2. The van der Waals surface area contributed by atoms with Gasteiger partial charge in [-0.1, -0.05) is 129 Å². The van der Waals surface area contributed by atoms with Crippen LogP contribution in [0.5, 0.6) is 0 Å². The third kappa shape index (κ3) is 11.1. The number of hydrogen-bond donors (Lipinski definition) is 0.